The summed E-state index contributed by atoms with van der Waals surface area (Å²) in [7, 11) is 0. The summed E-state index contributed by atoms with van der Waals surface area (Å²) in [6, 6.07) is 5.71. The Morgan fingerprint density at radius 3 is 2.62 bits per heavy atom. The Labute approximate surface area is 152 Å². The molecule has 0 radical (unpaired) electrons. The van der Waals surface area contributed by atoms with Crippen molar-refractivity contribution < 1.29 is 14.5 Å². The van der Waals surface area contributed by atoms with Gasteiger partial charge in [-0.15, -0.1) is 0 Å². The van der Waals surface area contributed by atoms with Gasteiger partial charge in [0.05, 0.1) is 4.92 Å². The standard InChI is InChI=1S/C19H25N3O4/c1-3-15-11(2)16-9-6-13(10-17(16)21-19(15)24)20-18(23)12-4-7-14(8-5-12)22(25)26/h4-5,7-8,11,13,15-17H,3,6,9-10H2,1-2H3,(H,20,23)(H,21,24). The van der Waals surface area contributed by atoms with Gasteiger partial charge in [-0.05, 0) is 49.7 Å². The van der Waals surface area contributed by atoms with E-state index in [1.807, 2.05) is 0 Å². The molecule has 5 unspecified atom stereocenters. The summed E-state index contributed by atoms with van der Waals surface area (Å²) in [5.74, 6) is 0.811. The number of non-ortho nitro benzene ring substituents is 1. The minimum Gasteiger partial charge on any atom is -0.353 e. The second-order valence-corrected chi connectivity index (χ2v) is 7.44. The number of carbonyl (C=O) groups is 2. The van der Waals surface area contributed by atoms with E-state index in [0.717, 1.165) is 25.7 Å². The maximum absolute atomic E-state index is 12.4. The lowest BCUT2D eigenvalue weighted by Crippen LogP contribution is -2.58. The van der Waals surface area contributed by atoms with Crippen molar-refractivity contribution in [1.29, 1.82) is 0 Å². The van der Waals surface area contributed by atoms with Crippen LogP contribution >= 0.6 is 0 Å². The lowest BCUT2D eigenvalue weighted by Gasteiger charge is -2.46. The first-order valence-electron chi connectivity index (χ1n) is 9.26. The number of fused-ring (bicyclic) bond motifs is 1. The number of rotatable bonds is 4. The topological polar surface area (TPSA) is 101 Å². The molecule has 2 aliphatic rings. The number of nitrogens with zero attached hydrogens (tertiary/aromatic N) is 1. The number of amides is 2. The number of nitro benzene ring substituents is 1. The molecule has 7 nitrogen and oxygen atoms in total. The van der Waals surface area contributed by atoms with Crippen LogP contribution in [-0.2, 0) is 4.79 Å². The fraction of sp³-hybridized carbons (Fsp3) is 0.579. The van der Waals surface area contributed by atoms with E-state index in [2.05, 4.69) is 24.5 Å². The highest BCUT2D eigenvalue weighted by molar-refractivity contribution is 5.94. The van der Waals surface area contributed by atoms with E-state index in [1.54, 1.807) is 0 Å². The van der Waals surface area contributed by atoms with Gasteiger partial charge in [0.25, 0.3) is 11.6 Å². The van der Waals surface area contributed by atoms with Gasteiger partial charge in [-0.3, -0.25) is 19.7 Å². The van der Waals surface area contributed by atoms with Crippen LogP contribution in [0.2, 0.25) is 0 Å². The Bertz CT molecular complexity index is 703. The highest BCUT2D eigenvalue weighted by atomic mass is 16.6. The summed E-state index contributed by atoms with van der Waals surface area (Å²) in [4.78, 5) is 34.9. The molecule has 1 aliphatic heterocycles. The first kappa shape index (κ1) is 18.4. The fourth-order valence-electron chi connectivity index (χ4n) is 4.51. The second-order valence-electron chi connectivity index (χ2n) is 7.44. The molecule has 1 saturated heterocycles. The largest absolute Gasteiger partial charge is 0.353 e. The summed E-state index contributed by atoms with van der Waals surface area (Å²) in [5, 5.41) is 16.9. The predicted octanol–water partition coefficient (Wildman–Crippen LogP) is 2.65. The number of hydrogen-bond donors (Lipinski definition) is 2. The van der Waals surface area contributed by atoms with Crippen LogP contribution in [0.4, 0.5) is 5.69 Å². The Morgan fingerprint density at radius 1 is 1.31 bits per heavy atom. The second kappa shape index (κ2) is 7.43. The van der Waals surface area contributed by atoms with Crippen molar-refractivity contribution >= 4 is 17.5 Å². The van der Waals surface area contributed by atoms with Gasteiger partial charge in [0.1, 0.15) is 0 Å². The van der Waals surface area contributed by atoms with Gasteiger partial charge in [-0.2, -0.15) is 0 Å². The third-order valence-electron chi connectivity index (χ3n) is 5.99. The zero-order chi connectivity index (χ0) is 18.8. The average molecular weight is 359 g/mol. The van der Waals surface area contributed by atoms with E-state index in [9.17, 15) is 19.7 Å². The normalized spacial score (nSPS) is 30.8. The Morgan fingerprint density at radius 2 is 2.00 bits per heavy atom. The summed E-state index contributed by atoms with van der Waals surface area (Å²) in [5.41, 5.74) is 0.372. The molecule has 1 aliphatic carbocycles. The molecule has 1 heterocycles. The maximum Gasteiger partial charge on any atom is 0.269 e. The van der Waals surface area contributed by atoms with Crippen LogP contribution in [0.5, 0.6) is 0 Å². The Kier molecular flexibility index (Phi) is 5.25. The molecular formula is C19H25N3O4. The van der Waals surface area contributed by atoms with Gasteiger partial charge < -0.3 is 10.6 Å². The van der Waals surface area contributed by atoms with E-state index in [-0.39, 0.29) is 35.5 Å². The maximum atomic E-state index is 12.4. The number of piperidine rings is 1. The van der Waals surface area contributed by atoms with Crippen molar-refractivity contribution in [2.24, 2.45) is 17.8 Å². The first-order valence-corrected chi connectivity index (χ1v) is 9.26. The van der Waals surface area contributed by atoms with E-state index in [0.29, 0.717) is 17.4 Å². The van der Waals surface area contributed by atoms with E-state index >= 15 is 0 Å². The SMILES string of the molecule is CCC1C(=O)NC2CC(NC(=O)c3ccc([N+](=O)[O-])cc3)CCC2C1C. The van der Waals surface area contributed by atoms with Crippen molar-refractivity contribution in [1.82, 2.24) is 10.6 Å². The average Bonchev–Trinajstić information content (AvgIpc) is 2.62. The third-order valence-corrected chi connectivity index (χ3v) is 5.99. The van der Waals surface area contributed by atoms with Crippen LogP contribution in [0.1, 0.15) is 49.9 Å². The van der Waals surface area contributed by atoms with Gasteiger partial charge >= 0.3 is 0 Å². The van der Waals surface area contributed by atoms with E-state index in [1.165, 1.54) is 24.3 Å². The molecule has 3 rings (SSSR count). The number of nitro groups is 1. The van der Waals surface area contributed by atoms with Gasteiger partial charge in [0.15, 0.2) is 0 Å². The van der Waals surface area contributed by atoms with Crippen molar-refractivity contribution in [2.75, 3.05) is 0 Å². The van der Waals surface area contributed by atoms with Gasteiger partial charge in [-0.1, -0.05) is 13.8 Å². The number of benzene rings is 1. The highest BCUT2D eigenvalue weighted by Gasteiger charge is 2.43. The molecule has 1 aromatic rings. The molecule has 5 atom stereocenters. The molecule has 0 bridgehead atoms. The van der Waals surface area contributed by atoms with Crippen LogP contribution in [-0.4, -0.2) is 28.8 Å². The van der Waals surface area contributed by atoms with Gasteiger partial charge in [0.2, 0.25) is 5.91 Å². The smallest absolute Gasteiger partial charge is 0.269 e. The van der Waals surface area contributed by atoms with Crippen molar-refractivity contribution in [3.8, 4) is 0 Å². The molecule has 0 aromatic heterocycles. The Hall–Kier alpha value is -2.44. The molecule has 1 aromatic carbocycles. The zero-order valence-corrected chi connectivity index (χ0v) is 15.1. The van der Waals surface area contributed by atoms with Crippen molar-refractivity contribution in [2.45, 2.75) is 51.6 Å². The summed E-state index contributed by atoms with van der Waals surface area (Å²) < 4.78 is 0. The minimum absolute atomic E-state index is 0.00428. The quantitative estimate of drug-likeness (QED) is 0.637. The van der Waals surface area contributed by atoms with E-state index < -0.39 is 4.92 Å². The van der Waals surface area contributed by atoms with Gasteiger partial charge in [-0.25, -0.2) is 0 Å². The summed E-state index contributed by atoms with van der Waals surface area (Å²) in [6.07, 6.45) is 3.46. The summed E-state index contributed by atoms with van der Waals surface area (Å²) in [6.45, 7) is 4.22. The van der Waals surface area contributed by atoms with Crippen molar-refractivity contribution in [3.05, 3.63) is 39.9 Å². The zero-order valence-electron chi connectivity index (χ0n) is 15.1. The highest BCUT2D eigenvalue weighted by Crippen LogP contribution is 2.38. The molecule has 0 spiro atoms. The molecule has 2 fully saturated rings. The lowest BCUT2D eigenvalue weighted by molar-refractivity contribution is -0.384. The molecule has 140 valence electrons. The van der Waals surface area contributed by atoms with Crippen LogP contribution in [0.15, 0.2) is 24.3 Å². The Balaban J connectivity index is 1.61. The van der Waals surface area contributed by atoms with Crippen LogP contribution < -0.4 is 10.6 Å². The monoisotopic (exact) mass is 359 g/mol. The first-order chi connectivity index (χ1) is 12.4. The third kappa shape index (κ3) is 3.57. The van der Waals surface area contributed by atoms with Crippen LogP contribution in [0.3, 0.4) is 0 Å². The number of nitrogens with one attached hydrogen (secondary N) is 2. The van der Waals surface area contributed by atoms with Gasteiger partial charge in [0, 0.05) is 35.7 Å². The van der Waals surface area contributed by atoms with Crippen molar-refractivity contribution in [3.63, 3.8) is 0 Å². The summed E-state index contributed by atoms with van der Waals surface area (Å²) >= 11 is 0. The van der Waals surface area contributed by atoms with Crippen LogP contribution in [0.25, 0.3) is 0 Å². The molecule has 2 amide bonds. The molecule has 7 heteroatoms. The molecule has 2 N–H and O–H groups in total. The molecular weight excluding hydrogens is 334 g/mol. The van der Waals surface area contributed by atoms with Crippen LogP contribution in [0, 0.1) is 27.9 Å². The number of carbonyl (C=O) groups excluding carboxylic acids is 2. The minimum atomic E-state index is -0.487. The lowest BCUT2D eigenvalue weighted by atomic mass is 9.67. The number of hydrogen-bond acceptors (Lipinski definition) is 4. The predicted molar refractivity (Wildman–Crippen MR) is 96.6 cm³/mol. The fourth-order valence-corrected chi connectivity index (χ4v) is 4.51. The molecule has 1 saturated carbocycles. The molecule has 26 heavy (non-hydrogen) atoms. The van der Waals surface area contributed by atoms with E-state index in [4.69, 9.17) is 0 Å².